The molecule has 2 unspecified atom stereocenters. The second kappa shape index (κ2) is 4.86. The number of rotatable bonds is 3. The van der Waals surface area contributed by atoms with Crippen LogP contribution in [0, 0.1) is 5.92 Å². The Labute approximate surface area is 118 Å². The van der Waals surface area contributed by atoms with E-state index in [1.165, 1.54) is 24.0 Å². The number of carbonyl (C=O) groups excluding carboxylic acids is 1. The number of ether oxygens (including phenoxy) is 1. The molecule has 4 nitrogen and oxygen atoms in total. The second-order valence-corrected chi connectivity index (χ2v) is 6.13. The first-order valence-corrected chi connectivity index (χ1v) is 7.56. The summed E-state index contributed by atoms with van der Waals surface area (Å²) in [5.74, 6) is 0.716. The Morgan fingerprint density at radius 2 is 2.05 bits per heavy atom. The van der Waals surface area contributed by atoms with Crippen LogP contribution >= 0.6 is 0 Å². The lowest BCUT2D eigenvalue weighted by atomic mass is 10.0. The van der Waals surface area contributed by atoms with Gasteiger partial charge in [0.05, 0.1) is 12.1 Å². The quantitative estimate of drug-likeness (QED) is 0.878. The third-order valence-corrected chi connectivity index (χ3v) is 4.64. The van der Waals surface area contributed by atoms with Crippen LogP contribution < -0.4 is 10.6 Å². The number of hydrogen-bond donors (Lipinski definition) is 2. The van der Waals surface area contributed by atoms with Crippen LogP contribution in [-0.2, 0) is 17.8 Å². The largest absolute Gasteiger partial charge is 0.376 e. The molecule has 1 saturated heterocycles. The lowest BCUT2D eigenvalue weighted by Crippen LogP contribution is -2.41. The molecule has 2 atom stereocenters. The summed E-state index contributed by atoms with van der Waals surface area (Å²) in [6, 6.07) is 6.21. The summed E-state index contributed by atoms with van der Waals surface area (Å²) in [7, 11) is 0. The molecule has 0 spiro atoms. The van der Waals surface area contributed by atoms with Gasteiger partial charge in [-0.2, -0.15) is 0 Å². The Balaban J connectivity index is 1.47. The molecule has 3 aliphatic rings. The molecule has 2 heterocycles. The van der Waals surface area contributed by atoms with Gasteiger partial charge in [0.25, 0.3) is 5.91 Å². The van der Waals surface area contributed by atoms with Crippen LogP contribution in [0.2, 0.25) is 0 Å². The van der Waals surface area contributed by atoms with Crippen LogP contribution in [0.3, 0.4) is 0 Å². The zero-order valence-electron chi connectivity index (χ0n) is 11.5. The van der Waals surface area contributed by atoms with Crippen LogP contribution in [0.4, 0.5) is 0 Å². The predicted octanol–water partition coefficient (Wildman–Crippen LogP) is 1.59. The third-order valence-electron chi connectivity index (χ3n) is 4.64. The number of fused-ring (bicyclic) bond motifs is 1. The molecule has 1 aromatic carbocycles. The van der Waals surface area contributed by atoms with E-state index in [0.29, 0.717) is 5.92 Å². The van der Waals surface area contributed by atoms with E-state index in [4.69, 9.17) is 4.74 Å². The van der Waals surface area contributed by atoms with Gasteiger partial charge in [0.15, 0.2) is 0 Å². The second-order valence-electron chi connectivity index (χ2n) is 6.13. The number of hydrogen-bond acceptors (Lipinski definition) is 3. The van der Waals surface area contributed by atoms with Crippen LogP contribution in [0.5, 0.6) is 0 Å². The van der Waals surface area contributed by atoms with E-state index in [0.717, 1.165) is 31.7 Å². The van der Waals surface area contributed by atoms with Crippen molar-refractivity contribution in [3.63, 3.8) is 0 Å². The highest BCUT2D eigenvalue weighted by atomic mass is 16.5. The van der Waals surface area contributed by atoms with Crippen molar-refractivity contribution < 1.29 is 9.53 Å². The molecule has 4 rings (SSSR count). The molecule has 1 aromatic rings. The normalized spacial score (nSPS) is 28.4. The monoisotopic (exact) mass is 272 g/mol. The van der Waals surface area contributed by atoms with Crippen molar-refractivity contribution in [1.29, 1.82) is 0 Å². The molecule has 0 aromatic heterocycles. The number of amides is 1. The first kappa shape index (κ1) is 12.4. The maximum absolute atomic E-state index is 12.4. The average Bonchev–Trinajstić information content (AvgIpc) is 3.01. The van der Waals surface area contributed by atoms with E-state index in [1.807, 2.05) is 12.1 Å². The van der Waals surface area contributed by atoms with Crippen LogP contribution in [-0.4, -0.2) is 24.7 Å². The van der Waals surface area contributed by atoms with E-state index in [9.17, 15) is 4.79 Å². The SMILES string of the molecule is O=C(NC1CCOC1C1CC1)c1ccc2c(c1)CNC2. The van der Waals surface area contributed by atoms with Crippen molar-refractivity contribution in [1.82, 2.24) is 10.6 Å². The predicted molar refractivity (Wildman–Crippen MR) is 75.3 cm³/mol. The summed E-state index contributed by atoms with van der Waals surface area (Å²) in [6.07, 6.45) is 3.69. The Kier molecular flexibility index (Phi) is 3.00. The molecule has 20 heavy (non-hydrogen) atoms. The van der Waals surface area contributed by atoms with Crippen molar-refractivity contribution >= 4 is 5.91 Å². The fraction of sp³-hybridized carbons (Fsp3) is 0.562. The Morgan fingerprint density at radius 3 is 2.90 bits per heavy atom. The molecular formula is C16H20N2O2. The number of carbonyl (C=O) groups is 1. The standard InChI is InChI=1S/C16H20N2O2/c19-16(11-3-4-12-8-17-9-13(12)7-11)18-14-5-6-20-15(14)10-1-2-10/h3-4,7,10,14-15,17H,1-2,5-6,8-9H2,(H,18,19). The molecule has 2 N–H and O–H groups in total. The lowest BCUT2D eigenvalue weighted by Gasteiger charge is -2.19. The first-order chi connectivity index (χ1) is 9.81. The summed E-state index contributed by atoms with van der Waals surface area (Å²) < 4.78 is 5.78. The minimum absolute atomic E-state index is 0.0425. The molecule has 1 aliphatic carbocycles. The summed E-state index contributed by atoms with van der Waals surface area (Å²) in [6.45, 7) is 2.56. The minimum atomic E-state index is 0.0425. The summed E-state index contributed by atoms with van der Waals surface area (Å²) in [4.78, 5) is 12.4. The van der Waals surface area contributed by atoms with Gasteiger partial charge in [-0.3, -0.25) is 4.79 Å². The third kappa shape index (κ3) is 2.23. The molecule has 0 bridgehead atoms. The zero-order valence-corrected chi connectivity index (χ0v) is 11.5. The fourth-order valence-electron chi connectivity index (χ4n) is 3.34. The van der Waals surface area contributed by atoms with Crippen LogP contribution in [0.25, 0.3) is 0 Å². The Bertz CT molecular complexity index is 539. The van der Waals surface area contributed by atoms with E-state index in [2.05, 4.69) is 16.7 Å². The molecule has 106 valence electrons. The zero-order chi connectivity index (χ0) is 13.5. The van der Waals surface area contributed by atoms with Gasteiger partial charge in [-0.05, 0) is 48.4 Å². The van der Waals surface area contributed by atoms with Gasteiger partial charge in [0, 0.05) is 25.3 Å². The highest BCUT2D eigenvalue weighted by molar-refractivity contribution is 5.94. The maximum Gasteiger partial charge on any atom is 0.251 e. The van der Waals surface area contributed by atoms with E-state index < -0.39 is 0 Å². The van der Waals surface area contributed by atoms with Gasteiger partial charge in [0.1, 0.15) is 0 Å². The summed E-state index contributed by atoms with van der Waals surface area (Å²) >= 11 is 0. The highest BCUT2D eigenvalue weighted by Gasteiger charge is 2.41. The van der Waals surface area contributed by atoms with Gasteiger partial charge >= 0.3 is 0 Å². The van der Waals surface area contributed by atoms with Crippen molar-refractivity contribution in [2.24, 2.45) is 5.92 Å². The van der Waals surface area contributed by atoms with Crippen LogP contribution in [0.15, 0.2) is 18.2 Å². The van der Waals surface area contributed by atoms with Crippen molar-refractivity contribution in [3.05, 3.63) is 34.9 Å². The number of benzene rings is 1. The maximum atomic E-state index is 12.4. The van der Waals surface area contributed by atoms with Gasteiger partial charge in [-0.1, -0.05) is 6.07 Å². The molecular weight excluding hydrogens is 252 g/mol. The first-order valence-electron chi connectivity index (χ1n) is 7.56. The highest BCUT2D eigenvalue weighted by Crippen LogP contribution is 2.38. The summed E-state index contributed by atoms with van der Waals surface area (Å²) in [5.41, 5.74) is 3.33. The van der Waals surface area contributed by atoms with Gasteiger partial charge < -0.3 is 15.4 Å². The smallest absolute Gasteiger partial charge is 0.251 e. The van der Waals surface area contributed by atoms with E-state index in [-0.39, 0.29) is 18.1 Å². The lowest BCUT2D eigenvalue weighted by molar-refractivity contribution is 0.0729. The Hall–Kier alpha value is -1.39. The minimum Gasteiger partial charge on any atom is -0.376 e. The van der Waals surface area contributed by atoms with Crippen molar-refractivity contribution in [2.75, 3.05) is 6.61 Å². The van der Waals surface area contributed by atoms with Crippen molar-refractivity contribution in [2.45, 2.75) is 44.5 Å². The van der Waals surface area contributed by atoms with Crippen LogP contribution in [0.1, 0.15) is 40.7 Å². The Morgan fingerprint density at radius 1 is 1.20 bits per heavy atom. The molecule has 4 heteroatoms. The van der Waals surface area contributed by atoms with Gasteiger partial charge in [-0.25, -0.2) is 0 Å². The average molecular weight is 272 g/mol. The summed E-state index contributed by atoms with van der Waals surface area (Å²) in [5, 5.41) is 6.48. The number of nitrogens with one attached hydrogen (secondary N) is 2. The van der Waals surface area contributed by atoms with Crippen molar-refractivity contribution in [3.8, 4) is 0 Å². The molecule has 1 saturated carbocycles. The van der Waals surface area contributed by atoms with Gasteiger partial charge in [-0.15, -0.1) is 0 Å². The molecule has 2 fully saturated rings. The van der Waals surface area contributed by atoms with E-state index in [1.54, 1.807) is 0 Å². The molecule has 1 amide bonds. The molecule has 0 radical (unpaired) electrons. The van der Waals surface area contributed by atoms with E-state index >= 15 is 0 Å². The molecule has 2 aliphatic heterocycles. The fourth-order valence-corrected chi connectivity index (χ4v) is 3.34. The van der Waals surface area contributed by atoms with Gasteiger partial charge in [0.2, 0.25) is 0 Å². The topological polar surface area (TPSA) is 50.4 Å².